The fourth-order valence-corrected chi connectivity index (χ4v) is 5.37. The first-order chi connectivity index (χ1) is 14.1. The zero-order valence-electron chi connectivity index (χ0n) is 17.2. The lowest BCUT2D eigenvalue weighted by Crippen LogP contribution is -2.43. The Bertz CT molecular complexity index is 1030. The minimum Gasteiger partial charge on any atom is -0.508 e. The van der Waals surface area contributed by atoms with Crippen LogP contribution in [0.1, 0.15) is 50.2 Å². The summed E-state index contributed by atoms with van der Waals surface area (Å²) in [5, 5.41) is 11.0. The summed E-state index contributed by atoms with van der Waals surface area (Å²) in [4.78, 5) is 6.03. The maximum Gasteiger partial charge on any atom is 0.116 e. The van der Waals surface area contributed by atoms with E-state index < -0.39 is 0 Å². The van der Waals surface area contributed by atoms with Gasteiger partial charge in [-0.2, -0.15) is 0 Å². The molecule has 0 radical (unpaired) electrons. The van der Waals surface area contributed by atoms with Crippen molar-refractivity contribution in [2.24, 2.45) is 0 Å². The van der Waals surface area contributed by atoms with E-state index in [4.69, 9.17) is 0 Å². The van der Waals surface area contributed by atoms with E-state index in [0.29, 0.717) is 17.2 Å². The maximum absolute atomic E-state index is 9.87. The van der Waals surface area contributed by atoms with Crippen LogP contribution >= 0.6 is 0 Å². The Morgan fingerprint density at radius 1 is 1.07 bits per heavy atom. The third kappa shape index (κ3) is 3.49. The molecule has 0 amide bonds. The van der Waals surface area contributed by atoms with Crippen LogP contribution in [0, 0.1) is 0 Å². The van der Waals surface area contributed by atoms with Gasteiger partial charge in [-0.05, 0) is 66.9 Å². The fourth-order valence-electron chi connectivity index (χ4n) is 5.37. The Hall–Kier alpha value is -2.52. The lowest BCUT2D eigenvalue weighted by Gasteiger charge is -2.43. The van der Waals surface area contributed by atoms with E-state index in [-0.39, 0.29) is 0 Å². The molecule has 1 aliphatic heterocycles. The molecular formula is C26H30N2O. The maximum atomic E-state index is 9.87. The van der Waals surface area contributed by atoms with Gasteiger partial charge >= 0.3 is 0 Å². The second-order valence-electron chi connectivity index (χ2n) is 9.06. The number of fused-ring (bicyclic) bond motifs is 1. The highest BCUT2D eigenvalue weighted by atomic mass is 16.3. The molecule has 1 aliphatic carbocycles. The number of aromatic amines is 1. The molecule has 2 heterocycles. The van der Waals surface area contributed by atoms with Gasteiger partial charge in [-0.3, -0.25) is 4.90 Å². The van der Waals surface area contributed by atoms with Crippen LogP contribution in [0.25, 0.3) is 16.5 Å². The molecule has 3 heteroatoms. The lowest BCUT2D eigenvalue weighted by molar-refractivity contribution is 0.139. The Morgan fingerprint density at radius 3 is 2.59 bits per heavy atom. The number of nitrogens with one attached hydrogen (secondary N) is 1. The third-order valence-electron chi connectivity index (χ3n) is 7.30. The largest absolute Gasteiger partial charge is 0.508 e. The molecule has 0 spiro atoms. The summed E-state index contributed by atoms with van der Waals surface area (Å²) in [7, 11) is 0. The number of phenols is 1. The highest BCUT2D eigenvalue weighted by Crippen LogP contribution is 2.41. The van der Waals surface area contributed by atoms with Crippen LogP contribution in [0.3, 0.4) is 0 Å². The second-order valence-corrected chi connectivity index (χ2v) is 9.06. The number of benzene rings is 2. The third-order valence-corrected chi connectivity index (χ3v) is 7.30. The summed E-state index contributed by atoms with van der Waals surface area (Å²) in [6.07, 6.45) is 10.7. The van der Waals surface area contributed by atoms with Crippen molar-refractivity contribution < 1.29 is 5.11 Å². The van der Waals surface area contributed by atoms with Gasteiger partial charge in [-0.1, -0.05) is 43.3 Å². The molecule has 0 saturated heterocycles. The molecule has 0 atom stereocenters. The number of aromatic nitrogens is 1. The minimum absolute atomic E-state index is 0.333. The number of hydrogen-bond donors (Lipinski definition) is 2. The molecule has 2 N–H and O–H groups in total. The second kappa shape index (κ2) is 7.38. The molecular weight excluding hydrogens is 356 g/mol. The molecule has 3 aromatic rings. The van der Waals surface area contributed by atoms with Crippen molar-refractivity contribution in [3.8, 4) is 5.75 Å². The van der Waals surface area contributed by atoms with E-state index >= 15 is 0 Å². The number of phenolic OH excluding ortho intramolecular Hbond substituents is 1. The number of hydrogen-bond acceptors (Lipinski definition) is 2. The first kappa shape index (κ1) is 18.5. The van der Waals surface area contributed by atoms with E-state index in [9.17, 15) is 5.11 Å². The van der Waals surface area contributed by atoms with E-state index in [1.165, 1.54) is 42.4 Å². The van der Waals surface area contributed by atoms with Crippen LogP contribution in [-0.2, 0) is 5.41 Å². The Balaban J connectivity index is 1.26. The number of rotatable bonds is 3. The summed E-state index contributed by atoms with van der Waals surface area (Å²) < 4.78 is 0. The highest BCUT2D eigenvalue weighted by molar-refractivity contribution is 5.93. The SMILES string of the molecule is CC1(c2ccccc2)CCC(N2CC=C(c3c[nH]c4ccc(O)cc34)CC2)CC1. The van der Waals surface area contributed by atoms with Crippen LogP contribution in [0.5, 0.6) is 5.75 Å². The molecule has 2 aromatic carbocycles. The molecule has 5 rings (SSSR count). The van der Waals surface area contributed by atoms with Crippen molar-refractivity contribution in [1.82, 2.24) is 9.88 Å². The van der Waals surface area contributed by atoms with Crippen LogP contribution in [-0.4, -0.2) is 34.1 Å². The Labute approximate surface area is 173 Å². The standard InChI is InChI=1S/C26H30N2O/c1-26(20-5-3-2-4-6-20)13-9-21(10-14-26)28-15-11-19(12-16-28)24-18-27-25-8-7-22(29)17-23(24)25/h2-8,11,17-18,21,27,29H,9-10,12-16H2,1H3. The molecule has 150 valence electrons. The van der Waals surface area contributed by atoms with Gasteiger partial charge in [-0.25, -0.2) is 0 Å². The average Bonchev–Trinajstić information content (AvgIpc) is 3.18. The van der Waals surface area contributed by atoms with Crippen LogP contribution in [0.2, 0.25) is 0 Å². The van der Waals surface area contributed by atoms with Crippen molar-refractivity contribution >= 4 is 16.5 Å². The number of nitrogens with zero attached hydrogens (tertiary/aromatic N) is 1. The summed E-state index contributed by atoms with van der Waals surface area (Å²) in [5.41, 5.74) is 5.58. The Kier molecular flexibility index (Phi) is 4.71. The van der Waals surface area contributed by atoms with Crippen molar-refractivity contribution in [2.75, 3.05) is 13.1 Å². The van der Waals surface area contributed by atoms with Crippen LogP contribution in [0.4, 0.5) is 0 Å². The van der Waals surface area contributed by atoms with Gasteiger partial charge in [0.05, 0.1) is 0 Å². The fraction of sp³-hybridized carbons (Fsp3) is 0.385. The molecule has 2 aliphatic rings. The molecule has 1 aromatic heterocycles. The molecule has 1 fully saturated rings. The van der Waals surface area contributed by atoms with Gasteiger partial charge in [0.2, 0.25) is 0 Å². The molecule has 0 bridgehead atoms. The van der Waals surface area contributed by atoms with Gasteiger partial charge in [0.25, 0.3) is 0 Å². The summed E-state index contributed by atoms with van der Waals surface area (Å²) >= 11 is 0. The van der Waals surface area contributed by atoms with Crippen molar-refractivity contribution in [1.29, 1.82) is 0 Å². The topological polar surface area (TPSA) is 39.3 Å². The van der Waals surface area contributed by atoms with Crippen LogP contribution in [0.15, 0.2) is 60.8 Å². The summed E-state index contributed by atoms with van der Waals surface area (Å²) in [6, 6.07) is 17.3. The zero-order valence-corrected chi connectivity index (χ0v) is 17.2. The zero-order chi connectivity index (χ0) is 19.8. The van der Waals surface area contributed by atoms with Crippen molar-refractivity contribution in [2.45, 2.75) is 50.5 Å². The number of H-pyrrole nitrogens is 1. The van der Waals surface area contributed by atoms with Gasteiger partial charge in [0.15, 0.2) is 0 Å². The predicted molar refractivity (Wildman–Crippen MR) is 120 cm³/mol. The van der Waals surface area contributed by atoms with Gasteiger partial charge < -0.3 is 10.1 Å². The first-order valence-electron chi connectivity index (χ1n) is 10.9. The van der Waals surface area contributed by atoms with Gasteiger partial charge in [0.1, 0.15) is 5.75 Å². The van der Waals surface area contributed by atoms with E-state index in [0.717, 1.165) is 30.4 Å². The molecule has 29 heavy (non-hydrogen) atoms. The highest BCUT2D eigenvalue weighted by Gasteiger charge is 2.34. The molecule has 3 nitrogen and oxygen atoms in total. The summed E-state index contributed by atoms with van der Waals surface area (Å²) in [5.74, 6) is 0.333. The van der Waals surface area contributed by atoms with E-state index in [2.05, 4.69) is 59.4 Å². The quantitative estimate of drug-likeness (QED) is 0.591. The summed E-state index contributed by atoms with van der Waals surface area (Å²) in [6.45, 7) is 4.61. The average molecular weight is 387 g/mol. The van der Waals surface area contributed by atoms with Crippen molar-refractivity contribution in [3.05, 3.63) is 71.9 Å². The van der Waals surface area contributed by atoms with Crippen LogP contribution < -0.4 is 0 Å². The lowest BCUT2D eigenvalue weighted by atomic mass is 9.69. The van der Waals surface area contributed by atoms with Gasteiger partial charge in [0, 0.05) is 41.8 Å². The predicted octanol–water partition coefficient (Wildman–Crippen LogP) is 5.86. The number of aromatic hydroxyl groups is 1. The smallest absolute Gasteiger partial charge is 0.116 e. The van der Waals surface area contributed by atoms with Crippen molar-refractivity contribution in [3.63, 3.8) is 0 Å². The van der Waals surface area contributed by atoms with E-state index in [1.54, 1.807) is 6.07 Å². The Morgan fingerprint density at radius 2 is 1.86 bits per heavy atom. The van der Waals surface area contributed by atoms with Gasteiger partial charge in [-0.15, -0.1) is 0 Å². The molecule has 1 saturated carbocycles. The molecule has 0 unspecified atom stereocenters. The minimum atomic E-state index is 0.333. The van der Waals surface area contributed by atoms with E-state index in [1.807, 2.05) is 12.1 Å². The first-order valence-corrected chi connectivity index (χ1v) is 10.9. The normalized spacial score (nSPS) is 25.8. The monoisotopic (exact) mass is 386 g/mol.